The van der Waals surface area contributed by atoms with Crippen LogP contribution in [-0.4, -0.2) is 43.2 Å². The van der Waals surface area contributed by atoms with Crippen molar-refractivity contribution in [3.05, 3.63) is 35.9 Å². The maximum Gasteiger partial charge on any atom is 0.407 e. The molecular weight excluding hydrogens is 278 g/mol. The summed E-state index contributed by atoms with van der Waals surface area (Å²) < 4.78 is 9.27. The summed E-state index contributed by atoms with van der Waals surface area (Å²) in [5.74, 6) is 4.04. The predicted octanol–water partition coefficient (Wildman–Crippen LogP) is -0.212. The molecule has 3 N–H and O–H groups in total. The Hall–Kier alpha value is -2.61. The van der Waals surface area contributed by atoms with E-state index in [2.05, 4.69) is 10.1 Å². The Morgan fingerprint density at radius 1 is 1.24 bits per heavy atom. The number of ether oxygens (including phenoxy) is 2. The second kappa shape index (κ2) is 8.54. The number of hydrogen-bond donors (Lipinski definition) is 2. The van der Waals surface area contributed by atoms with Crippen molar-refractivity contribution in [2.24, 2.45) is 5.84 Å². The summed E-state index contributed by atoms with van der Waals surface area (Å²) >= 11 is 0. The Bertz CT molecular complexity index is 492. The molecule has 0 radical (unpaired) electrons. The zero-order valence-electron chi connectivity index (χ0n) is 11.6. The monoisotopic (exact) mass is 295 g/mol. The van der Waals surface area contributed by atoms with Crippen LogP contribution in [0.2, 0.25) is 0 Å². The molecule has 114 valence electrons. The summed E-state index contributed by atoms with van der Waals surface area (Å²) in [6.07, 6.45) is -0.751. The molecule has 0 atom stereocenters. The van der Waals surface area contributed by atoms with Crippen LogP contribution in [0.25, 0.3) is 0 Å². The maximum absolute atomic E-state index is 11.5. The molecule has 0 heterocycles. The number of amides is 2. The van der Waals surface area contributed by atoms with Gasteiger partial charge in [0.15, 0.2) is 0 Å². The first-order chi connectivity index (χ1) is 10.0. The summed E-state index contributed by atoms with van der Waals surface area (Å²) in [5, 5.41) is 2.90. The molecule has 0 aliphatic heterocycles. The number of carbonyl (C=O) groups is 3. The van der Waals surface area contributed by atoms with Gasteiger partial charge in [0.05, 0.1) is 7.11 Å². The van der Waals surface area contributed by atoms with E-state index in [4.69, 9.17) is 10.6 Å². The topological polar surface area (TPSA) is 111 Å². The first kappa shape index (κ1) is 16.4. The summed E-state index contributed by atoms with van der Waals surface area (Å²) in [4.78, 5) is 33.8. The standard InChI is InChI=1S/C13H17N3O5/c1-20-12(18)8-16(14)11(17)7-15-13(19)21-9-10-5-3-2-4-6-10/h2-6H,7-9,14H2,1H3,(H,15,19). The van der Waals surface area contributed by atoms with Crippen LogP contribution in [0, 0.1) is 0 Å². The summed E-state index contributed by atoms with van der Waals surface area (Å²) in [6.45, 7) is -0.674. The fourth-order valence-corrected chi connectivity index (χ4v) is 1.32. The lowest BCUT2D eigenvalue weighted by Crippen LogP contribution is -2.46. The SMILES string of the molecule is COC(=O)CN(N)C(=O)CNC(=O)OCc1ccccc1. The van der Waals surface area contributed by atoms with Crippen molar-refractivity contribution in [1.29, 1.82) is 0 Å². The zero-order valence-corrected chi connectivity index (χ0v) is 11.6. The Balaban J connectivity index is 2.26. The number of nitrogens with one attached hydrogen (secondary N) is 1. The highest BCUT2D eigenvalue weighted by atomic mass is 16.5. The number of carbonyl (C=O) groups excluding carboxylic acids is 3. The molecule has 1 aromatic carbocycles. The molecule has 8 heteroatoms. The number of esters is 1. The predicted molar refractivity (Wildman–Crippen MR) is 72.5 cm³/mol. The smallest absolute Gasteiger partial charge is 0.407 e. The third kappa shape index (κ3) is 6.39. The fraction of sp³-hybridized carbons (Fsp3) is 0.308. The average Bonchev–Trinajstić information content (AvgIpc) is 2.51. The third-order valence-electron chi connectivity index (χ3n) is 2.44. The van der Waals surface area contributed by atoms with E-state index in [1.807, 2.05) is 18.2 Å². The lowest BCUT2D eigenvalue weighted by molar-refractivity contribution is -0.146. The van der Waals surface area contributed by atoms with Crippen molar-refractivity contribution in [2.45, 2.75) is 6.61 Å². The molecule has 0 saturated carbocycles. The molecule has 1 aromatic rings. The molecule has 0 bridgehead atoms. The Kier molecular flexibility index (Phi) is 6.69. The maximum atomic E-state index is 11.5. The van der Waals surface area contributed by atoms with Crippen LogP contribution in [0.3, 0.4) is 0 Å². The van der Waals surface area contributed by atoms with E-state index in [0.29, 0.717) is 5.01 Å². The van der Waals surface area contributed by atoms with E-state index < -0.39 is 24.5 Å². The van der Waals surface area contributed by atoms with Crippen molar-refractivity contribution in [1.82, 2.24) is 10.3 Å². The molecule has 8 nitrogen and oxygen atoms in total. The van der Waals surface area contributed by atoms with Gasteiger partial charge in [-0.2, -0.15) is 0 Å². The summed E-state index contributed by atoms with van der Waals surface area (Å²) in [6, 6.07) is 9.09. The van der Waals surface area contributed by atoms with Gasteiger partial charge < -0.3 is 14.8 Å². The number of nitrogens with zero attached hydrogens (tertiary/aromatic N) is 1. The number of hydrazine groups is 1. The van der Waals surface area contributed by atoms with Gasteiger partial charge in [0, 0.05) is 0 Å². The van der Waals surface area contributed by atoms with Crippen LogP contribution < -0.4 is 11.2 Å². The second-order valence-corrected chi connectivity index (χ2v) is 4.01. The van der Waals surface area contributed by atoms with E-state index in [1.54, 1.807) is 12.1 Å². The second-order valence-electron chi connectivity index (χ2n) is 4.01. The van der Waals surface area contributed by atoms with Gasteiger partial charge in [0.2, 0.25) is 0 Å². The van der Waals surface area contributed by atoms with Crippen molar-refractivity contribution in [3.8, 4) is 0 Å². The van der Waals surface area contributed by atoms with Gasteiger partial charge in [0.25, 0.3) is 5.91 Å². The van der Waals surface area contributed by atoms with Gasteiger partial charge in [-0.25, -0.2) is 10.6 Å². The van der Waals surface area contributed by atoms with Gasteiger partial charge in [-0.1, -0.05) is 30.3 Å². The molecule has 0 fully saturated rings. The highest BCUT2D eigenvalue weighted by molar-refractivity contribution is 5.85. The molecular formula is C13H17N3O5. The Morgan fingerprint density at radius 2 is 1.90 bits per heavy atom. The van der Waals surface area contributed by atoms with E-state index in [0.717, 1.165) is 5.56 Å². The molecule has 21 heavy (non-hydrogen) atoms. The molecule has 0 unspecified atom stereocenters. The van der Waals surface area contributed by atoms with Gasteiger partial charge >= 0.3 is 12.1 Å². The number of hydrogen-bond acceptors (Lipinski definition) is 6. The number of benzene rings is 1. The molecule has 0 saturated heterocycles. The summed E-state index contributed by atoms with van der Waals surface area (Å²) in [7, 11) is 1.18. The largest absolute Gasteiger partial charge is 0.468 e. The highest BCUT2D eigenvalue weighted by Gasteiger charge is 2.15. The van der Waals surface area contributed by atoms with Crippen LogP contribution in [0.5, 0.6) is 0 Å². The molecule has 1 rings (SSSR count). The van der Waals surface area contributed by atoms with Gasteiger partial charge in [-0.3, -0.25) is 14.6 Å². The van der Waals surface area contributed by atoms with Crippen LogP contribution in [-0.2, 0) is 25.7 Å². The van der Waals surface area contributed by atoms with E-state index >= 15 is 0 Å². The number of methoxy groups -OCH3 is 1. The Labute approximate surface area is 121 Å². The van der Waals surface area contributed by atoms with Crippen molar-refractivity contribution < 1.29 is 23.9 Å². The van der Waals surface area contributed by atoms with E-state index in [-0.39, 0.29) is 13.2 Å². The molecule has 0 aliphatic rings. The van der Waals surface area contributed by atoms with Crippen LogP contribution in [0.1, 0.15) is 5.56 Å². The minimum Gasteiger partial charge on any atom is -0.468 e. The fourth-order valence-electron chi connectivity index (χ4n) is 1.32. The van der Waals surface area contributed by atoms with Gasteiger partial charge in [-0.05, 0) is 5.56 Å². The number of nitrogens with two attached hydrogens (primary N) is 1. The molecule has 0 spiro atoms. The normalized spacial score (nSPS) is 9.62. The van der Waals surface area contributed by atoms with Crippen LogP contribution in [0.4, 0.5) is 4.79 Å². The minimum atomic E-state index is -0.751. The first-order valence-electron chi connectivity index (χ1n) is 6.09. The average molecular weight is 295 g/mol. The Morgan fingerprint density at radius 3 is 2.52 bits per heavy atom. The molecule has 0 aromatic heterocycles. The van der Waals surface area contributed by atoms with E-state index in [9.17, 15) is 14.4 Å². The minimum absolute atomic E-state index is 0.0926. The highest BCUT2D eigenvalue weighted by Crippen LogP contribution is 2.00. The van der Waals surface area contributed by atoms with Crippen LogP contribution in [0.15, 0.2) is 30.3 Å². The quantitative estimate of drug-likeness (QED) is 0.325. The molecule has 0 aliphatic carbocycles. The van der Waals surface area contributed by atoms with Crippen molar-refractivity contribution in [3.63, 3.8) is 0 Å². The van der Waals surface area contributed by atoms with Gasteiger partial charge in [-0.15, -0.1) is 0 Å². The van der Waals surface area contributed by atoms with Gasteiger partial charge in [0.1, 0.15) is 19.7 Å². The molecule has 2 amide bonds. The lowest BCUT2D eigenvalue weighted by atomic mass is 10.2. The lowest BCUT2D eigenvalue weighted by Gasteiger charge is -2.15. The third-order valence-corrected chi connectivity index (χ3v) is 2.44. The van der Waals surface area contributed by atoms with Crippen molar-refractivity contribution in [2.75, 3.05) is 20.2 Å². The number of rotatable bonds is 6. The van der Waals surface area contributed by atoms with Crippen molar-refractivity contribution >= 4 is 18.0 Å². The van der Waals surface area contributed by atoms with Crippen LogP contribution >= 0.6 is 0 Å². The zero-order chi connectivity index (χ0) is 15.7. The first-order valence-corrected chi connectivity index (χ1v) is 6.09. The number of alkyl carbamates (subject to hydrolysis) is 1. The summed E-state index contributed by atoms with van der Waals surface area (Å²) in [5.41, 5.74) is 0.824. The van der Waals surface area contributed by atoms with E-state index in [1.165, 1.54) is 7.11 Å².